The smallest absolute Gasteiger partial charge is 0.152 e. The number of nitrogens with zero attached hydrogens (tertiary/aromatic N) is 3. The number of anilines is 1. The summed E-state index contributed by atoms with van der Waals surface area (Å²) in [6.07, 6.45) is 6.09. The highest BCUT2D eigenvalue weighted by Gasteiger charge is 2.41. The minimum atomic E-state index is 0.0388. The Hall–Kier alpha value is -1.29. The van der Waals surface area contributed by atoms with Gasteiger partial charge in [-0.3, -0.25) is 0 Å². The first-order chi connectivity index (χ1) is 9.43. The highest BCUT2D eigenvalue weighted by molar-refractivity contribution is 6.18. The number of fused-ring (bicyclic) bond motifs is 1. The summed E-state index contributed by atoms with van der Waals surface area (Å²) in [5, 5.41) is 8.09. The zero-order valence-electron chi connectivity index (χ0n) is 12.3. The first kappa shape index (κ1) is 13.7. The van der Waals surface area contributed by atoms with Crippen LogP contribution in [0, 0.1) is 5.41 Å². The van der Waals surface area contributed by atoms with Crippen LogP contribution in [0.15, 0.2) is 18.5 Å². The molecule has 0 saturated heterocycles. The molecule has 1 aliphatic carbocycles. The second kappa shape index (κ2) is 4.62. The predicted octanol–water partition coefficient (Wildman–Crippen LogP) is 3.46. The van der Waals surface area contributed by atoms with E-state index in [-0.39, 0.29) is 10.8 Å². The van der Waals surface area contributed by atoms with Crippen molar-refractivity contribution in [2.24, 2.45) is 5.41 Å². The Morgan fingerprint density at radius 1 is 1.40 bits per heavy atom. The lowest BCUT2D eigenvalue weighted by molar-refractivity contribution is 0.562. The number of alkyl halides is 1. The second-order valence-electron chi connectivity index (χ2n) is 6.87. The SMILES string of the molecule is CC(C)(C)c1cc2c(NCC3(CCl)CC3)nccn2n1. The van der Waals surface area contributed by atoms with Crippen molar-refractivity contribution in [1.29, 1.82) is 0 Å². The van der Waals surface area contributed by atoms with Crippen LogP contribution in [0.25, 0.3) is 5.52 Å². The molecule has 0 unspecified atom stereocenters. The molecular formula is C15H21ClN4. The fourth-order valence-corrected chi connectivity index (χ4v) is 2.59. The molecule has 0 radical (unpaired) electrons. The third kappa shape index (κ3) is 2.49. The van der Waals surface area contributed by atoms with Gasteiger partial charge in [0.05, 0.1) is 5.69 Å². The Labute approximate surface area is 124 Å². The maximum absolute atomic E-state index is 6.03. The van der Waals surface area contributed by atoms with Gasteiger partial charge in [-0.05, 0) is 18.9 Å². The van der Waals surface area contributed by atoms with Gasteiger partial charge in [0, 0.05) is 35.6 Å². The van der Waals surface area contributed by atoms with E-state index in [2.05, 4.69) is 42.2 Å². The van der Waals surface area contributed by atoms with E-state index in [9.17, 15) is 0 Å². The van der Waals surface area contributed by atoms with E-state index in [4.69, 9.17) is 11.6 Å². The molecule has 1 fully saturated rings. The van der Waals surface area contributed by atoms with Crippen LogP contribution in [-0.4, -0.2) is 27.0 Å². The van der Waals surface area contributed by atoms with Crippen LogP contribution in [0.3, 0.4) is 0 Å². The number of aromatic nitrogens is 3. The molecule has 2 aromatic heterocycles. The Kier molecular flexibility index (Phi) is 3.16. The van der Waals surface area contributed by atoms with Crippen LogP contribution in [-0.2, 0) is 5.41 Å². The van der Waals surface area contributed by atoms with Gasteiger partial charge in [0.15, 0.2) is 5.82 Å². The average molecular weight is 293 g/mol. The van der Waals surface area contributed by atoms with Crippen molar-refractivity contribution < 1.29 is 0 Å². The number of rotatable bonds is 4. The van der Waals surface area contributed by atoms with E-state index in [1.165, 1.54) is 12.8 Å². The molecule has 1 N–H and O–H groups in total. The van der Waals surface area contributed by atoms with Crippen LogP contribution in [0.4, 0.5) is 5.82 Å². The molecule has 2 aromatic rings. The molecule has 0 atom stereocenters. The zero-order chi connectivity index (χ0) is 14.4. The van der Waals surface area contributed by atoms with Crippen molar-refractivity contribution >= 4 is 22.9 Å². The third-order valence-electron chi connectivity index (χ3n) is 4.03. The minimum absolute atomic E-state index is 0.0388. The fourth-order valence-electron chi connectivity index (χ4n) is 2.23. The molecule has 108 valence electrons. The summed E-state index contributed by atoms with van der Waals surface area (Å²) in [6.45, 7) is 7.39. The van der Waals surface area contributed by atoms with Crippen molar-refractivity contribution in [2.75, 3.05) is 17.7 Å². The van der Waals surface area contributed by atoms with Crippen molar-refractivity contribution in [2.45, 2.75) is 39.0 Å². The molecule has 3 rings (SSSR count). The lowest BCUT2D eigenvalue weighted by atomic mass is 9.92. The summed E-state index contributed by atoms with van der Waals surface area (Å²) in [7, 11) is 0. The summed E-state index contributed by atoms with van der Waals surface area (Å²) in [4.78, 5) is 4.45. The maximum atomic E-state index is 6.03. The first-order valence-corrected chi connectivity index (χ1v) is 7.62. The molecule has 20 heavy (non-hydrogen) atoms. The van der Waals surface area contributed by atoms with Crippen molar-refractivity contribution in [3.8, 4) is 0 Å². The second-order valence-corrected chi connectivity index (χ2v) is 7.14. The third-order valence-corrected chi connectivity index (χ3v) is 4.60. The maximum Gasteiger partial charge on any atom is 0.152 e. The highest BCUT2D eigenvalue weighted by atomic mass is 35.5. The molecule has 0 amide bonds. The van der Waals surface area contributed by atoms with Gasteiger partial charge >= 0.3 is 0 Å². The van der Waals surface area contributed by atoms with Crippen LogP contribution >= 0.6 is 11.6 Å². The van der Waals surface area contributed by atoms with Crippen LogP contribution in [0.1, 0.15) is 39.3 Å². The van der Waals surface area contributed by atoms with Gasteiger partial charge < -0.3 is 5.32 Å². The van der Waals surface area contributed by atoms with Gasteiger partial charge in [0.1, 0.15) is 5.52 Å². The lowest BCUT2D eigenvalue weighted by Crippen LogP contribution is -2.17. The molecule has 0 bridgehead atoms. The monoisotopic (exact) mass is 292 g/mol. The molecule has 1 saturated carbocycles. The van der Waals surface area contributed by atoms with E-state index in [0.717, 1.165) is 29.5 Å². The zero-order valence-corrected chi connectivity index (χ0v) is 13.0. The molecule has 4 nitrogen and oxygen atoms in total. The Morgan fingerprint density at radius 3 is 2.75 bits per heavy atom. The summed E-state index contributed by atoms with van der Waals surface area (Å²) in [5.41, 5.74) is 2.43. The predicted molar refractivity (Wildman–Crippen MR) is 82.6 cm³/mol. The molecule has 0 aliphatic heterocycles. The quantitative estimate of drug-likeness (QED) is 0.878. The van der Waals surface area contributed by atoms with Crippen LogP contribution < -0.4 is 5.32 Å². The Balaban J connectivity index is 1.89. The lowest BCUT2D eigenvalue weighted by Gasteiger charge is -2.13. The topological polar surface area (TPSA) is 42.2 Å². The normalized spacial score (nSPS) is 17.4. The number of nitrogens with one attached hydrogen (secondary N) is 1. The number of hydrogen-bond acceptors (Lipinski definition) is 3. The molecule has 2 heterocycles. The summed E-state index contributed by atoms with van der Waals surface area (Å²) >= 11 is 6.03. The van der Waals surface area contributed by atoms with Gasteiger partial charge in [0.2, 0.25) is 0 Å². The van der Waals surface area contributed by atoms with Gasteiger partial charge in [-0.2, -0.15) is 5.10 Å². The van der Waals surface area contributed by atoms with Crippen LogP contribution in [0.2, 0.25) is 0 Å². The van der Waals surface area contributed by atoms with E-state index in [1.54, 1.807) is 6.20 Å². The molecule has 0 aromatic carbocycles. The van der Waals surface area contributed by atoms with E-state index < -0.39 is 0 Å². The number of hydrogen-bond donors (Lipinski definition) is 1. The molecular weight excluding hydrogens is 272 g/mol. The molecule has 5 heteroatoms. The van der Waals surface area contributed by atoms with Gasteiger partial charge in [-0.25, -0.2) is 9.50 Å². The molecule has 0 spiro atoms. The summed E-state index contributed by atoms with van der Waals surface area (Å²) in [5.74, 6) is 1.61. The standard InChI is InChI=1S/C15H21ClN4/c1-14(2,3)12-8-11-13(17-6-7-20(11)19-12)18-10-15(9-16)4-5-15/h6-8H,4-5,9-10H2,1-3H3,(H,17,18). The van der Waals surface area contributed by atoms with Gasteiger partial charge in [-0.15, -0.1) is 11.6 Å². The van der Waals surface area contributed by atoms with Gasteiger partial charge in [0.25, 0.3) is 0 Å². The Bertz CT molecular complexity index is 622. The fraction of sp³-hybridized carbons (Fsp3) is 0.600. The minimum Gasteiger partial charge on any atom is -0.368 e. The first-order valence-electron chi connectivity index (χ1n) is 7.08. The summed E-state index contributed by atoms with van der Waals surface area (Å²) in [6, 6.07) is 2.12. The summed E-state index contributed by atoms with van der Waals surface area (Å²) < 4.78 is 1.90. The van der Waals surface area contributed by atoms with Crippen molar-refractivity contribution in [3.05, 3.63) is 24.2 Å². The molecule has 1 aliphatic rings. The van der Waals surface area contributed by atoms with Crippen molar-refractivity contribution in [1.82, 2.24) is 14.6 Å². The van der Waals surface area contributed by atoms with E-state index in [0.29, 0.717) is 0 Å². The largest absolute Gasteiger partial charge is 0.368 e. The number of halogens is 1. The Morgan fingerprint density at radius 2 is 2.15 bits per heavy atom. The van der Waals surface area contributed by atoms with Crippen LogP contribution in [0.5, 0.6) is 0 Å². The van der Waals surface area contributed by atoms with Crippen molar-refractivity contribution in [3.63, 3.8) is 0 Å². The highest BCUT2D eigenvalue weighted by Crippen LogP contribution is 2.46. The van der Waals surface area contributed by atoms with E-state index >= 15 is 0 Å². The average Bonchev–Trinajstić information content (AvgIpc) is 3.04. The van der Waals surface area contributed by atoms with Gasteiger partial charge in [-0.1, -0.05) is 20.8 Å². The van der Waals surface area contributed by atoms with E-state index in [1.807, 2.05) is 10.7 Å².